The van der Waals surface area contributed by atoms with Crippen LogP contribution in [0, 0.1) is 0 Å². The van der Waals surface area contributed by atoms with E-state index in [1.807, 2.05) is 6.07 Å². The van der Waals surface area contributed by atoms with Gasteiger partial charge in [0, 0.05) is 19.0 Å². The fourth-order valence-corrected chi connectivity index (χ4v) is 0.991. The normalized spacial score (nSPS) is 11.1. The van der Waals surface area contributed by atoms with E-state index in [0.717, 1.165) is 5.69 Å². The monoisotopic (exact) mass is 210 g/mol. The fourth-order valence-electron chi connectivity index (χ4n) is 0.991. The minimum Gasteiger partial charge on any atom is -0.481 e. The minimum atomic E-state index is 0.198. The van der Waals surface area contributed by atoms with E-state index in [4.69, 9.17) is 15.7 Å². The first-order valence-corrected chi connectivity index (χ1v) is 4.46. The standard InChI is InChI=1S/C9H14N4O2/c1-15-9-3-2-7(6-12-9)11-5-4-8(10)13-14/h2-3,6,11,14H,4-5H2,1H3,(H2,10,13). The van der Waals surface area contributed by atoms with Crippen LogP contribution in [0.2, 0.25) is 0 Å². The van der Waals surface area contributed by atoms with Crippen molar-refractivity contribution >= 4 is 11.5 Å². The van der Waals surface area contributed by atoms with E-state index in [-0.39, 0.29) is 5.84 Å². The lowest BCUT2D eigenvalue weighted by atomic mass is 10.3. The molecule has 0 unspecified atom stereocenters. The molecule has 1 rings (SSSR count). The van der Waals surface area contributed by atoms with E-state index in [1.54, 1.807) is 19.4 Å². The van der Waals surface area contributed by atoms with Crippen LogP contribution in [0.1, 0.15) is 6.42 Å². The summed E-state index contributed by atoms with van der Waals surface area (Å²) >= 11 is 0. The van der Waals surface area contributed by atoms with Crippen LogP contribution in [0.4, 0.5) is 5.69 Å². The number of nitrogens with one attached hydrogen (secondary N) is 1. The Bertz CT molecular complexity index is 323. The van der Waals surface area contributed by atoms with Gasteiger partial charge in [-0.1, -0.05) is 5.16 Å². The summed E-state index contributed by atoms with van der Waals surface area (Å²) in [7, 11) is 1.56. The van der Waals surface area contributed by atoms with Crippen LogP contribution in [0.5, 0.6) is 5.88 Å². The number of ether oxygens (including phenoxy) is 1. The Morgan fingerprint density at radius 3 is 3.00 bits per heavy atom. The van der Waals surface area contributed by atoms with Crippen molar-refractivity contribution < 1.29 is 9.94 Å². The van der Waals surface area contributed by atoms with Gasteiger partial charge in [0.2, 0.25) is 5.88 Å². The lowest BCUT2D eigenvalue weighted by Gasteiger charge is -2.05. The lowest BCUT2D eigenvalue weighted by molar-refractivity contribution is 0.317. The molecule has 0 spiro atoms. The van der Waals surface area contributed by atoms with Gasteiger partial charge in [0.1, 0.15) is 5.84 Å². The topological polar surface area (TPSA) is 92.8 Å². The SMILES string of the molecule is COc1ccc(NCCC(N)=NO)cn1. The summed E-state index contributed by atoms with van der Waals surface area (Å²) in [6.07, 6.45) is 2.13. The highest BCUT2D eigenvalue weighted by atomic mass is 16.5. The van der Waals surface area contributed by atoms with Crippen LogP contribution in [0.25, 0.3) is 0 Å². The summed E-state index contributed by atoms with van der Waals surface area (Å²) in [5.74, 6) is 0.765. The largest absolute Gasteiger partial charge is 0.481 e. The van der Waals surface area contributed by atoms with E-state index in [1.165, 1.54) is 0 Å². The molecule has 0 aliphatic heterocycles. The number of rotatable bonds is 5. The maximum Gasteiger partial charge on any atom is 0.213 e. The predicted octanol–water partition coefficient (Wildman–Crippen LogP) is 0.639. The molecule has 0 saturated heterocycles. The Labute approximate surface area is 87.8 Å². The number of methoxy groups -OCH3 is 1. The molecule has 0 fully saturated rings. The van der Waals surface area contributed by atoms with Crippen molar-refractivity contribution in [2.45, 2.75) is 6.42 Å². The third-order valence-corrected chi connectivity index (χ3v) is 1.78. The molecule has 0 aliphatic carbocycles. The minimum absolute atomic E-state index is 0.198. The average Bonchev–Trinajstić information content (AvgIpc) is 2.29. The first kappa shape index (κ1) is 11.1. The van der Waals surface area contributed by atoms with Gasteiger partial charge in [-0.3, -0.25) is 0 Å². The van der Waals surface area contributed by atoms with Crippen LogP contribution in [0.3, 0.4) is 0 Å². The molecule has 0 atom stereocenters. The van der Waals surface area contributed by atoms with Crippen LogP contribution < -0.4 is 15.8 Å². The number of anilines is 1. The molecule has 15 heavy (non-hydrogen) atoms. The maximum atomic E-state index is 8.31. The Hall–Kier alpha value is -1.98. The Morgan fingerprint density at radius 2 is 2.47 bits per heavy atom. The van der Waals surface area contributed by atoms with Crippen molar-refractivity contribution in [3.63, 3.8) is 0 Å². The molecule has 0 aromatic carbocycles. The molecular weight excluding hydrogens is 196 g/mol. The summed E-state index contributed by atoms with van der Waals surface area (Å²) < 4.78 is 4.92. The van der Waals surface area contributed by atoms with Crippen molar-refractivity contribution in [3.05, 3.63) is 18.3 Å². The van der Waals surface area contributed by atoms with Crippen molar-refractivity contribution in [2.24, 2.45) is 10.9 Å². The summed E-state index contributed by atoms with van der Waals surface area (Å²) in [4.78, 5) is 4.02. The highest BCUT2D eigenvalue weighted by Gasteiger charge is 1.96. The van der Waals surface area contributed by atoms with E-state index in [2.05, 4.69) is 15.5 Å². The van der Waals surface area contributed by atoms with Crippen molar-refractivity contribution in [1.82, 2.24) is 4.98 Å². The fraction of sp³-hybridized carbons (Fsp3) is 0.333. The quantitative estimate of drug-likeness (QED) is 0.287. The summed E-state index contributed by atoms with van der Waals surface area (Å²) in [5, 5.41) is 14.2. The molecule has 0 radical (unpaired) electrons. The number of oxime groups is 1. The van der Waals surface area contributed by atoms with Crippen molar-refractivity contribution in [3.8, 4) is 5.88 Å². The summed E-state index contributed by atoms with van der Waals surface area (Å²) in [5.41, 5.74) is 6.17. The Morgan fingerprint density at radius 1 is 1.67 bits per heavy atom. The number of pyridine rings is 1. The number of nitrogens with two attached hydrogens (primary N) is 1. The molecule has 6 heteroatoms. The molecule has 0 saturated carbocycles. The van der Waals surface area contributed by atoms with Crippen molar-refractivity contribution in [2.75, 3.05) is 19.0 Å². The van der Waals surface area contributed by atoms with Gasteiger partial charge in [0.05, 0.1) is 19.0 Å². The average molecular weight is 210 g/mol. The van der Waals surface area contributed by atoms with Gasteiger partial charge in [-0.05, 0) is 6.07 Å². The summed E-state index contributed by atoms with van der Waals surface area (Å²) in [6, 6.07) is 3.60. The van der Waals surface area contributed by atoms with Crippen LogP contribution in [-0.2, 0) is 0 Å². The second kappa shape index (κ2) is 5.69. The number of amidine groups is 1. The zero-order valence-corrected chi connectivity index (χ0v) is 8.47. The molecule has 1 heterocycles. The molecule has 0 aliphatic rings. The number of hydrogen-bond acceptors (Lipinski definition) is 5. The van der Waals surface area contributed by atoms with Crippen molar-refractivity contribution in [1.29, 1.82) is 0 Å². The Kier molecular flexibility index (Phi) is 4.21. The van der Waals surface area contributed by atoms with Gasteiger partial charge in [-0.15, -0.1) is 0 Å². The smallest absolute Gasteiger partial charge is 0.213 e. The van der Waals surface area contributed by atoms with Gasteiger partial charge in [-0.2, -0.15) is 0 Å². The molecule has 1 aromatic heterocycles. The first-order valence-electron chi connectivity index (χ1n) is 4.46. The van der Waals surface area contributed by atoms with Gasteiger partial charge in [0.25, 0.3) is 0 Å². The predicted molar refractivity (Wildman–Crippen MR) is 57.3 cm³/mol. The zero-order chi connectivity index (χ0) is 11.1. The van der Waals surface area contributed by atoms with E-state index >= 15 is 0 Å². The van der Waals surface area contributed by atoms with Crippen LogP contribution in [-0.4, -0.2) is 29.7 Å². The molecular formula is C9H14N4O2. The van der Waals surface area contributed by atoms with E-state index in [0.29, 0.717) is 18.8 Å². The first-order chi connectivity index (χ1) is 7.26. The maximum absolute atomic E-state index is 8.31. The van der Waals surface area contributed by atoms with Crippen LogP contribution in [0.15, 0.2) is 23.5 Å². The number of aromatic nitrogens is 1. The molecule has 0 amide bonds. The zero-order valence-electron chi connectivity index (χ0n) is 8.47. The number of nitrogens with zero attached hydrogens (tertiary/aromatic N) is 2. The summed E-state index contributed by atoms with van der Waals surface area (Å²) in [6.45, 7) is 0.587. The van der Waals surface area contributed by atoms with Gasteiger partial charge in [0.15, 0.2) is 0 Å². The highest BCUT2D eigenvalue weighted by molar-refractivity contribution is 5.80. The molecule has 4 N–H and O–H groups in total. The van der Waals surface area contributed by atoms with Crippen LogP contribution >= 0.6 is 0 Å². The van der Waals surface area contributed by atoms with Gasteiger partial charge < -0.3 is 21.0 Å². The second-order valence-electron chi connectivity index (χ2n) is 2.86. The highest BCUT2D eigenvalue weighted by Crippen LogP contribution is 2.10. The van der Waals surface area contributed by atoms with E-state index in [9.17, 15) is 0 Å². The second-order valence-corrected chi connectivity index (χ2v) is 2.86. The van der Waals surface area contributed by atoms with Gasteiger partial charge in [-0.25, -0.2) is 4.98 Å². The molecule has 1 aromatic rings. The lowest BCUT2D eigenvalue weighted by Crippen LogP contribution is -2.16. The third kappa shape index (κ3) is 3.72. The Balaban J connectivity index is 2.38. The molecule has 82 valence electrons. The van der Waals surface area contributed by atoms with Gasteiger partial charge >= 0.3 is 0 Å². The molecule has 0 bridgehead atoms. The third-order valence-electron chi connectivity index (χ3n) is 1.78. The van der Waals surface area contributed by atoms with E-state index < -0.39 is 0 Å². The number of hydrogen-bond donors (Lipinski definition) is 3. The molecule has 6 nitrogen and oxygen atoms in total.